The maximum Gasteiger partial charge on any atom is 0.221 e. The Bertz CT molecular complexity index is 818. The van der Waals surface area contributed by atoms with Gasteiger partial charge in [-0.3, -0.25) is 4.79 Å². The fourth-order valence-corrected chi connectivity index (χ4v) is 2.45. The molecule has 3 rings (SSSR count). The first-order valence-electron chi connectivity index (χ1n) is 7.52. The molecular formula is C18H18N4O. The van der Waals surface area contributed by atoms with Crippen molar-refractivity contribution in [3.05, 3.63) is 60.4 Å². The highest BCUT2D eigenvalue weighted by atomic mass is 16.1. The van der Waals surface area contributed by atoms with E-state index in [0.29, 0.717) is 0 Å². The third-order valence-electron chi connectivity index (χ3n) is 3.50. The lowest BCUT2D eigenvalue weighted by atomic mass is 10.1. The van der Waals surface area contributed by atoms with Gasteiger partial charge in [-0.1, -0.05) is 30.3 Å². The summed E-state index contributed by atoms with van der Waals surface area (Å²) in [6.45, 7) is 2.27. The van der Waals surface area contributed by atoms with Crippen LogP contribution in [0.3, 0.4) is 0 Å². The summed E-state index contributed by atoms with van der Waals surface area (Å²) < 4.78 is 0. The molecule has 1 heterocycles. The summed E-state index contributed by atoms with van der Waals surface area (Å²) in [6, 6.07) is 15.9. The molecule has 5 nitrogen and oxygen atoms in total. The van der Waals surface area contributed by atoms with Crippen molar-refractivity contribution in [2.45, 2.75) is 13.3 Å². The number of hydrogen-bond acceptors (Lipinski definition) is 4. The molecule has 0 saturated carbocycles. The van der Waals surface area contributed by atoms with Crippen molar-refractivity contribution in [1.82, 2.24) is 9.97 Å². The van der Waals surface area contributed by atoms with E-state index in [-0.39, 0.29) is 5.91 Å². The summed E-state index contributed by atoms with van der Waals surface area (Å²) in [4.78, 5) is 19.8. The Hall–Kier alpha value is -2.95. The summed E-state index contributed by atoms with van der Waals surface area (Å²) in [5.74, 6) is 0.679. The van der Waals surface area contributed by atoms with E-state index >= 15 is 0 Å². The molecule has 0 radical (unpaired) electrons. The van der Waals surface area contributed by atoms with Gasteiger partial charge >= 0.3 is 0 Å². The molecule has 3 aromatic rings. The van der Waals surface area contributed by atoms with Gasteiger partial charge in [0, 0.05) is 24.5 Å². The van der Waals surface area contributed by atoms with Gasteiger partial charge in [0.15, 0.2) is 0 Å². The Morgan fingerprint density at radius 1 is 1.09 bits per heavy atom. The topological polar surface area (TPSA) is 66.9 Å². The first-order valence-corrected chi connectivity index (χ1v) is 7.52. The number of nitrogens with one attached hydrogen (secondary N) is 2. The van der Waals surface area contributed by atoms with Gasteiger partial charge in [-0.25, -0.2) is 9.97 Å². The highest BCUT2D eigenvalue weighted by Gasteiger charge is 2.05. The molecule has 0 unspecified atom stereocenters. The van der Waals surface area contributed by atoms with Gasteiger partial charge in [0.25, 0.3) is 0 Å². The van der Waals surface area contributed by atoms with Gasteiger partial charge in [0.05, 0.1) is 5.52 Å². The fourth-order valence-electron chi connectivity index (χ4n) is 2.45. The molecule has 0 aliphatic heterocycles. The number of hydrogen-bond donors (Lipinski definition) is 2. The minimum Gasteiger partial charge on any atom is -0.369 e. The maximum absolute atomic E-state index is 11.2. The van der Waals surface area contributed by atoms with E-state index in [0.717, 1.165) is 35.4 Å². The van der Waals surface area contributed by atoms with E-state index < -0.39 is 0 Å². The Morgan fingerprint density at radius 3 is 2.70 bits per heavy atom. The van der Waals surface area contributed by atoms with Crippen LogP contribution in [0.2, 0.25) is 0 Å². The second kappa shape index (κ2) is 6.87. The van der Waals surface area contributed by atoms with Crippen molar-refractivity contribution in [2.75, 3.05) is 17.2 Å². The normalized spacial score (nSPS) is 10.5. The fraction of sp³-hybridized carbons (Fsp3) is 0.167. The zero-order valence-corrected chi connectivity index (χ0v) is 12.9. The lowest BCUT2D eigenvalue weighted by molar-refractivity contribution is -0.114. The van der Waals surface area contributed by atoms with Crippen LogP contribution in [0, 0.1) is 0 Å². The molecule has 0 atom stereocenters. The number of nitrogens with zero attached hydrogens (tertiary/aromatic N) is 2. The summed E-state index contributed by atoms with van der Waals surface area (Å²) in [6.07, 6.45) is 2.46. The van der Waals surface area contributed by atoms with E-state index in [1.165, 1.54) is 12.5 Å². The number of amides is 1. The van der Waals surface area contributed by atoms with Gasteiger partial charge in [-0.05, 0) is 30.2 Å². The maximum atomic E-state index is 11.2. The molecule has 1 aromatic heterocycles. The average molecular weight is 306 g/mol. The molecule has 0 saturated heterocycles. The van der Waals surface area contributed by atoms with Crippen LogP contribution in [0.15, 0.2) is 54.9 Å². The van der Waals surface area contributed by atoms with E-state index in [9.17, 15) is 4.79 Å². The van der Waals surface area contributed by atoms with Crippen molar-refractivity contribution < 1.29 is 4.79 Å². The summed E-state index contributed by atoms with van der Waals surface area (Å²) in [5.41, 5.74) is 2.86. The molecule has 5 heteroatoms. The van der Waals surface area contributed by atoms with Crippen LogP contribution in [0.1, 0.15) is 12.5 Å². The van der Waals surface area contributed by atoms with Gasteiger partial charge in [0.2, 0.25) is 5.91 Å². The van der Waals surface area contributed by atoms with Crippen molar-refractivity contribution >= 4 is 28.3 Å². The van der Waals surface area contributed by atoms with Gasteiger partial charge in [-0.2, -0.15) is 0 Å². The van der Waals surface area contributed by atoms with E-state index in [2.05, 4.69) is 32.7 Å². The van der Waals surface area contributed by atoms with E-state index in [4.69, 9.17) is 0 Å². The van der Waals surface area contributed by atoms with Crippen LogP contribution in [0.4, 0.5) is 11.5 Å². The minimum absolute atomic E-state index is 0.0974. The van der Waals surface area contributed by atoms with Crippen molar-refractivity contribution in [3.8, 4) is 0 Å². The van der Waals surface area contributed by atoms with Crippen LogP contribution in [-0.2, 0) is 11.2 Å². The molecule has 23 heavy (non-hydrogen) atoms. The largest absolute Gasteiger partial charge is 0.369 e. The van der Waals surface area contributed by atoms with Gasteiger partial charge in [-0.15, -0.1) is 0 Å². The molecule has 2 N–H and O–H groups in total. The molecule has 116 valence electrons. The molecule has 0 bridgehead atoms. The zero-order chi connectivity index (χ0) is 16.1. The highest BCUT2D eigenvalue weighted by Crippen LogP contribution is 2.23. The molecule has 0 spiro atoms. The zero-order valence-electron chi connectivity index (χ0n) is 12.9. The first-order chi connectivity index (χ1) is 11.2. The number of rotatable bonds is 5. The third-order valence-corrected chi connectivity index (χ3v) is 3.50. The van der Waals surface area contributed by atoms with Gasteiger partial charge in [0.1, 0.15) is 12.1 Å². The summed E-state index contributed by atoms with van der Waals surface area (Å²) >= 11 is 0. The first kappa shape index (κ1) is 15.0. The molecule has 0 fully saturated rings. The summed E-state index contributed by atoms with van der Waals surface area (Å²) in [5, 5.41) is 7.03. The number of fused-ring (bicyclic) bond motifs is 1. The predicted molar refractivity (Wildman–Crippen MR) is 92.5 cm³/mol. The molecule has 0 aliphatic carbocycles. The lowest BCUT2D eigenvalue weighted by Crippen LogP contribution is -2.08. The average Bonchev–Trinajstić information content (AvgIpc) is 2.56. The molecular weight excluding hydrogens is 288 g/mol. The van der Waals surface area contributed by atoms with Crippen LogP contribution in [-0.4, -0.2) is 22.4 Å². The second-order valence-corrected chi connectivity index (χ2v) is 5.30. The second-order valence-electron chi connectivity index (χ2n) is 5.30. The van der Waals surface area contributed by atoms with Crippen LogP contribution in [0.5, 0.6) is 0 Å². The minimum atomic E-state index is -0.0974. The van der Waals surface area contributed by atoms with Crippen molar-refractivity contribution in [2.24, 2.45) is 0 Å². The SMILES string of the molecule is CC(=O)Nc1ccc2ncnc(NCCc3ccccc3)c2c1. The smallest absolute Gasteiger partial charge is 0.221 e. The van der Waals surface area contributed by atoms with Crippen LogP contribution < -0.4 is 10.6 Å². The monoisotopic (exact) mass is 306 g/mol. The molecule has 2 aromatic carbocycles. The Labute approximate surface area is 134 Å². The van der Waals surface area contributed by atoms with Gasteiger partial charge < -0.3 is 10.6 Å². The Kier molecular flexibility index (Phi) is 4.47. The number of carbonyl (C=O) groups excluding carboxylic acids is 1. The number of carbonyl (C=O) groups is 1. The molecule has 1 amide bonds. The van der Waals surface area contributed by atoms with E-state index in [1.807, 2.05) is 36.4 Å². The number of anilines is 2. The Morgan fingerprint density at radius 2 is 1.91 bits per heavy atom. The quantitative estimate of drug-likeness (QED) is 0.759. The number of aromatic nitrogens is 2. The van der Waals surface area contributed by atoms with Crippen molar-refractivity contribution in [3.63, 3.8) is 0 Å². The third kappa shape index (κ3) is 3.83. The molecule has 0 aliphatic rings. The predicted octanol–water partition coefficient (Wildman–Crippen LogP) is 3.24. The highest BCUT2D eigenvalue weighted by molar-refractivity contribution is 5.95. The Balaban J connectivity index is 1.78. The van der Waals surface area contributed by atoms with Crippen LogP contribution in [0.25, 0.3) is 10.9 Å². The van der Waals surface area contributed by atoms with Crippen molar-refractivity contribution in [1.29, 1.82) is 0 Å². The lowest BCUT2D eigenvalue weighted by Gasteiger charge is -2.10. The summed E-state index contributed by atoms with van der Waals surface area (Å²) in [7, 11) is 0. The number of benzene rings is 2. The van der Waals surface area contributed by atoms with Crippen LogP contribution >= 0.6 is 0 Å². The standard InChI is InChI=1S/C18H18N4O/c1-13(23)22-15-7-8-17-16(11-15)18(21-12-20-17)19-10-9-14-5-3-2-4-6-14/h2-8,11-12H,9-10H2,1H3,(H,22,23)(H,19,20,21). The van der Waals surface area contributed by atoms with E-state index in [1.54, 1.807) is 6.33 Å².